The Morgan fingerprint density at radius 3 is 2.47 bits per heavy atom. The average molecular weight is 470 g/mol. The summed E-state index contributed by atoms with van der Waals surface area (Å²) >= 11 is 0. The molecule has 0 N–H and O–H groups in total. The number of para-hydroxylation sites is 1. The number of hydrogen-bond donors (Lipinski definition) is 0. The molecule has 1 heterocycles. The zero-order valence-electron chi connectivity index (χ0n) is 17.7. The predicted octanol–water partition coefficient (Wildman–Crippen LogP) is 3.27. The van der Waals surface area contributed by atoms with Crippen molar-refractivity contribution in [3.05, 3.63) is 87.8 Å². The minimum Gasteiger partial charge on any atom is -0.451 e. The van der Waals surface area contributed by atoms with Gasteiger partial charge in [0.05, 0.1) is 17.3 Å². The molecule has 1 amide bonds. The molecule has 174 valence electrons. The monoisotopic (exact) mass is 470 g/mol. The summed E-state index contributed by atoms with van der Waals surface area (Å²) < 4.78 is 45.1. The molecule has 34 heavy (non-hydrogen) atoms. The lowest BCUT2D eigenvalue weighted by molar-refractivity contribution is -0.137. The van der Waals surface area contributed by atoms with Crippen LogP contribution in [0.5, 0.6) is 0 Å². The quantitative estimate of drug-likeness (QED) is 0.405. The summed E-state index contributed by atoms with van der Waals surface area (Å²) in [5.41, 5.74) is -1.90. The van der Waals surface area contributed by atoms with Crippen LogP contribution in [0.25, 0.3) is 5.69 Å². The van der Waals surface area contributed by atoms with Crippen LogP contribution in [-0.2, 0) is 15.7 Å². The second kappa shape index (κ2) is 9.99. The second-order valence-corrected chi connectivity index (χ2v) is 7.01. The minimum absolute atomic E-state index is 0.0262. The number of amides is 1. The lowest BCUT2D eigenvalue weighted by Gasteiger charge is -2.19. The number of benzene rings is 2. The highest BCUT2D eigenvalue weighted by Gasteiger charge is 2.31. The molecule has 3 rings (SSSR count). The molecule has 0 aliphatic rings. The Hall–Kier alpha value is -4.46. The molecule has 0 fully saturated rings. The highest BCUT2D eigenvalue weighted by molar-refractivity contribution is 5.96. The van der Waals surface area contributed by atoms with Gasteiger partial charge in [-0.2, -0.15) is 23.5 Å². The van der Waals surface area contributed by atoms with Crippen molar-refractivity contribution in [3.8, 4) is 11.8 Å². The first-order valence-corrected chi connectivity index (χ1v) is 9.80. The molecule has 0 bridgehead atoms. The van der Waals surface area contributed by atoms with Gasteiger partial charge in [-0.3, -0.25) is 14.5 Å². The molecule has 3 aromatic rings. The molecule has 0 saturated carbocycles. The standard InChI is InChI=1S/C23H17F3N4O4/c1-15-12-19(31)21(28-30(15)18-9-5-6-16(13-18)23(24,25)26)22(33)34-14-20(32)29(11-10-27)17-7-3-2-4-8-17/h2-9,12-13H,11,14H2,1H3. The Bertz CT molecular complexity index is 1310. The van der Waals surface area contributed by atoms with Crippen LogP contribution in [0.1, 0.15) is 21.7 Å². The fourth-order valence-corrected chi connectivity index (χ4v) is 3.04. The number of rotatable bonds is 6. The van der Waals surface area contributed by atoms with Gasteiger partial charge in [0.1, 0.15) is 6.54 Å². The van der Waals surface area contributed by atoms with Gasteiger partial charge in [-0.1, -0.05) is 24.3 Å². The van der Waals surface area contributed by atoms with E-state index in [4.69, 9.17) is 10.00 Å². The summed E-state index contributed by atoms with van der Waals surface area (Å²) in [6.45, 7) is 0.354. The van der Waals surface area contributed by atoms with Gasteiger partial charge in [0, 0.05) is 17.4 Å². The molecule has 2 aromatic carbocycles. The number of nitriles is 1. The van der Waals surface area contributed by atoms with Crippen molar-refractivity contribution in [2.24, 2.45) is 0 Å². The van der Waals surface area contributed by atoms with Gasteiger partial charge in [0.15, 0.2) is 6.61 Å². The molecular formula is C23H17F3N4O4. The number of carbonyl (C=O) groups is 2. The van der Waals surface area contributed by atoms with Crippen LogP contribution < -0.4 is 10.3 Å². The van der Waals surface area contributed by atoms with E-state index in [2.05, 4.69) is 5.10 Å². The van der Waals surface area contributed by atoms with Crippen molar-refractivity contribution in [1.82, 2.24) is 9.78 Å². The van der Waals surface area contributed by atoms with E-state index >= 15 is 0 Å². The number of carbonyl (C=O) groups excluding carboxylic acids is 2. The Balaban J connectivity index is 1.84. The summed E-state index contributed by atoms with van der Waals surface area (Å²) in [6.07, 6.45) is -4.60. The SMILES string of the molecule is Cc1cc(=O)c(C(=O)OCC(=O)N(CC#N)c2ccccc2)nn1-c1cccc(C(F)(F)F)c1. The summed E-state index contributed by atoms with van der Waals surface area (Å²) in [4.78, 5) is 38.4. The summed E-state index contributed by atoms with van der Waals surface area (Å²) in [6, 6.07) is 15.3. The van der Waals surface area contributed by atoms with Crippen molar-refractivity contribution in [2.75, 3.05) is 18.1 Å². The van der Waals surface area contributed by atoms with Gasteiger partial charge in [0.25, 0.3) is 5.91 Å². The first-order valence-electron chi connectivity index (χ1n) is 9.80. The number of alkyl halides is 3. The van der Waals surface area contributed by atoms with Crippen LogP contribution >= 0.6 is 0 Å². The van der Waals surface area contributed by atoms with Crippen LogP contribution in [0.3, 0.4) is 0 Å². The van der Waals surface area contributed by atoms with E-state index in [0.29, 0.717) is 5.69 Å². The zero-order chi connectivity index (χ0) is 24.9. The van der Waals surface area contributed by atoms with Crippen molar-refractivity contribution >= 4 is 17.6 Å². The minimum atomic E-state index is -4.60. The van der Waals surface area contributed by atoms with E-state index in [1.54, 1.807) is 30.3 Å². The number of anilines is 1. The molecular weight excluding hydrogens is 453 g/mol. The Labute approximate surface area is 191 Å². The van der Waals surface area contributed by atoms with Gasteiger partial charge in [-0.15, -0.1) is 0 Å². The van der Waals surface area contributed by atoms with Crippen molar-refractivity contribution < 1.29 is 27.5 Å². The summed E-state index contributed by atoms with van der Waals surface area (Å²) in [5, 5.41) is 12.9. The van der Waals surface area contributed by atoms with Crippen LogP contribution in [-0.4, -0.2) is 34.8 Å². The van der Waals surface area contributed by atoms with Gasteiger partial charge in [0.2, 0.25) is 11.1 Å². The van der Waals surface area contributed by atoms with Crippen LogP contribution in [0.4, 0.5) is 18.9 Å². The maximum Gasteiger partial charge on any atom is 0.416 e. The van der Waals surface area contributed by atoms with Crippen molar-refractivity contribution in [3.63, 3.8) is 0 Å². The first kappa shape index (κ1) is 24.2. The summed E-state index contributed by atoms with van der Waals surface area (Å²) in [7, 11) is 0. The Morgan fingerprint density at radius 1 is 1.12 bits per heavy atom. The number of aromatic nitrogens is 2. The number of hydrogen-bond acceptors (Lipinski definition) is 6. The van der Waals surface area contributed by atoms with E-state index < -0.39 is 41.3 Å². The van der Waals surface area contributed by atoms with Crippen LogP contribution in [0.2, 0.25) is 0 Å². The third kappa shape index (κ3) is 5.47. The molecule has 8 nitrogen and oxygen atoms in total. The third-order valence-electron chi connectivity index (χ3n) is 4.64. The number of nitrogens with zero attached hydrogens (tertiary/aromatic N) is 4. The third-order valence-corrected chi connectivity index (χ3v) is 4.64. The zero-order valence-corrected chi connectivity index (χ0v) is 17.7. The fourth-order valence-electron chi connectivity index (χ4n) is 3.04. The van der Waals surface area contributed by atoms with Gasteiger partial charge >= 0.3 is 12.1 Å². The van der Waals surface area contributed by atoms with Gasteiger partial charge in [-0.05, 0) is 37.3 Å². The average Bonchev–Trinajstić information content (AvgIpc) is 2.81. The number of halogens is 3. The van der Waals surface area contributed by atoms with Crippen LogP contribution in [0.15, 0.2) is 65.5 Å². The molecule has 0 saturated heterocycles. The molecule has 0 radical (unpaired) electrons. The molecule has 0 spiro atoms. The number of ether oxygens (including phenoxy) is 1. The smallest absolute Gasteiger partial charge is 0.416 e. The van der Waals surface area contributed by atoms with E-state index in [-0.39, 0.29) is 17.9 Å². The van der Waals surface area contributed by atoms with E-state index in [1.165, 1.54) is 19.1 Å². The van der Waals surface area contributed by atoms with Gasteiger partial charge in [-0.25, -0.2) is 9.48 Å². The second-order valence-electron chi connectivity index (χ2n) is 7.01. The Morgan fingerprint density at radius 2 is 1.82 bits per heavy atom. The van der Waals surface area contributed by atoms with Crippen molar-refractivity contribution in [1.29, 1.82) is 5.26 Å². The highest BCUT2D eigenvalue weighted by Crippen LogP contribution is 2.30. The molecule has 0 aliphatic heterocycles. The largest absolute Gasteiger partial charge is 0.451 e. The predicted molar refractivity (Wildman–Crippen MR) is 114 cm³/mol. The fraction of sp³-hybridized carbons (Fsp3) is 0.174. The van der Waals surface area contributed by atoms with Crippen LogP contribution in [0, 0.1) is 18.3 Å². The Kier molecular flexibility index (Phi) is 7.11. The lowest BCUT2D eigenvalue weighted by atomic mass is 10.2. The molecule has 1 aromatic heterocycles. The topological polar surface area (TPSA) is 105 Å². The molecule has 0 aliphatic carbocycles. The van der Waals surface area contributed by atoms with E-state index in [9.17, 15) is 27.6 Å². The lowest BCUT2D eigenvalue weighted by Crippen LogP contribution is -2.35. The molecule has 11 heteroatoms. The van der Waals surface area contributed by atoms with Gasteiger partial charge < -0.3 is 4.74 Å². The maximum absolute atomic E-state index is 13.1. The summed E-state index contributed by atoms with van der Waals surface area (Å²) in [5.74, 6) is -1.95. The van der Waals surface area contributed by atoms with E-state index in [1.807, 2.05) is 6.07 Å². The number of esters is 1. The molecule has 0 unspecified atom stereocenters. The normalized spacial score (nSPS) is 10.9. The van der Waals surface area contributed by atoms with E-state index in [0.717, 1.165) is 27.8 Å². The highest BCUT2D eigenvalue weighted by atomic mass is 19.4. The number of aryl methyl sites for hydroxylation is 1. The molecule has 0 atom stereocenters. The first-order chi connectivity index (χ1) is 16.1. The maximum atomic E-state index is 13.1. The van der Waals surface area contributed by atoms with Crippen molar-refractivity contribution in [2.45, 2.75) is 13.1 Å².